The van der Waals surface area contributed by atoms with Crippen molar-refractivity contribution in [3.05, 3.63) is 23.8 Å². The number of ether oxygens (including phenoxy) is 2. The lowest BCUT2D eigenvalue weighted by Gasteiger charge is -2.14. The van der Waals surface area contributed by atoms with Crippen LogP contribution < -0.4 is 15.2 Å². The monoisotopic (exact) mass is 297 g/mol. The van der Waals surface area contributed by atoms with Gasteiger partial charge in [0.05, 0.1) is 13.2 Å². The highest BCUT2D eigenvalue weighted by Crippen LogP contribution is 2.30. The highest BCUT2D eigenvalue weighted by Gasteiger charge is 2.12. The van der Waals surface area contributed by atoms with Crippen molar-refractivity contribution in [2.45, 2.75) is 26.0 Å². The van der Waals surface area contributed by atoms with Crippen LogP contribution >= 0.6 is 12.4 Å². The van der Waals surface area contributed by atoms with E-state index in [1.807, 2.05) is 0 Å². The molecule has 0 aliphatic heterocycles. The van der Waals surface area contributed by atoms with Crippen LogP contribution in [0.25, 0.3) is 0 Å². The molecule has 0 radical (unpaired) electrons. The summed E-state index contributed by atoms with van der Waals surface area (Å²) in [5, 5.41) is 8.86. The Morgan fingerprint density at radius 1 is 1.32 bits per heavy atom. The largest absolute Gasteiger partial charge is 0.490 e. The Kier molecular flexibility index (Phi) is 8.38. The van der Waals surface area contributed by atoms with Crippen LogP contribution in [-0.2, 0) is 6.42 Å². The lowest BCUT2D eigenvalue weighted by atomic mass is 10.1. The lowest BCUT2D eigenvalue weighted by Crippen LogP contribution is -2.26. The molecule has 0 saturated heterocycles. The summed E-state index contributed by atoms with van der Waals surface area (Å²) in [6.45, 7) is -0.943. The number of halogens is 3. The molecule has 1 rings (SSSR count). The molecule has 1 aromatic rings. The number of hydrogen-bond acceptors (Lipinski definition) is 4. The molecule has 4 nitrogen and oxygen atoms in total. The van der Waals surface area contributed by atoms with Crippen molar-refractivity contribution >= 4 is 12.4 Å². The van der Waals surface area contributed by atoms with Crippen LogP contribution in [0.3, 0.4) is 0 Å². The van der Waals surface area contributed by atoms with Gasteiger partial charge in [-0.2, -0.15) is 8.78 Å². The van der Waals surface area contributed by atoms with Crippen molar-refractivity contribution < 1.29 is 23.4 Å². The van der Waals surface area contributed by atoms with Gasteiger partial charge in [0.25, 0.3) is 0 Å². The fraction of sp³-hybridized carbons (Fsp3) is 0.500. The molecular weight excluding hydrogens is 280 g/mol. The minimum Gasteiger partial charge on any atom is -0.490 e. The van der Waals surface area contributed by atoms with Gasteiger partial charge in [0.15, 0.2) is 11.5 Å². The molecule has 0 amide bonds. The Morgan fingerprint density at radius 2 is 2.00 bits per heavy atom. The maximum absolute atomic E-state index is 12.2. The summed E-state index contributed by atoms with van der Waals surface area (Å²) in [5.74, 6) is 0.244. The number of aliphatic hydroxyl groups excluding tert-OH is 1. The third-order valence-corrected chi connectivity index (χ3v) is 2.26. The smallest absolute Gasteiger partial charge is 0.387 e. The van der Waals surface area contributed by atoms with Gasteiger partial charge in [-0.3, -0.25) is 0 Å². The third-order valence-electron chi connectivity index (χ3n) is 2.26. The van der Waals surface area contributed by atoms with Gasteiger partial charge in [-0.1, -0.05) is 6.07 Å². The van der Waals surface area contributed by atoms with E-state index in [2.05, 4.69) is 4.74 Å². The first-order valence-corrected chi connectivity index (χ1v) is 5.63. The van der Waals surface area contributed by atoms with E-state index in [1.165, 1.54) is 6.07 Å². The number of nitrogens with two attached hydrogens (primary N) is 1. The van der Waals surface area contributed by atoms with Gasteiger partial charge in [0.2, 0.25) is 0 Å². The van der Waals surface area contributed by atoms with Crippen LogP contribution in [0.1, 0.15) is 12.5 Å². The minimum absolute atomic E-state index is 0. The highest BCUT2D eigenvalue weighted by molar-refractivity contribution is 5.85. The fourth-order valence-electron chi connectivity index (χ4n) is 1.51. The molecule has 1 atom stereocenters. The summed E-state index contributed by atoms with van der Waals surface area (Å²) in [6, 6.07) is 4.24. The first kappa shape index (κ1) is 17.9. The van der Waals surface area contributed by atoms with Crippen LogP contribution in [-0.4, -0.2) is 31.0 Å². The Bertz CT molecular complexity index is 380. The zero-order valence-electron chi connectivity index (χ0n) is 10.5. The van der Waals surface area contributed by atoms with E-state index in [0.717, 1.165) is 5.56 Å². The van der Waals surface area contributed by atoms with Gasteiger partial charge >= 0.3 is 6.61 Å². The predicted octanol–water partition coefficient (Wildman–Crippen LogP) is 1.97. The van der Waals surface area contributed by atoms with Gasteiger partial charge in [-0.25, -0.2) is 0 Å². The zero-order chi connectivity index (χ0) is 13.5. The van der Waals surface area contributed by atoms with Gasteiger partial charge in [0, 0.05) is 6.04 Å². The lowest BCUT2D eigenvalue weighted by molar-refractivity contribution is -0.0514. The topological polar surface area (TPSA) is 64.7 Å². The summed E-state index contributed by atoms with van der Waals surface area (Å²) in [4.78, 5) is 0. The molecule has 0 aliphatic carbocycles. The SMILES string of the molecule is CCOc1cc(CC(N)CO)ccc1OC(F)F.Cl. The predicted molar refractivity (Wildman–Crippen MR) is 70.3 cm³/mol. The van der Waals surface area contributed by atoms with Crippen molar-refractivity contribution in [2.24, 2.45) is 5.73 Å². The van der Waals surface area contributed by atoms with Crippen molar-refractivity contribution in [1.29, 1.82) is 0 Å². The molecule has 110 valence electrons. The molecule has 0 bridgehead atoms. The first-order valence-electron chi connectivity index (χ1n) is 5.63. The summed E-state index contributed by atoms with van der Waals surface area (Å²) in [5.41, 5.74) is 6.40. The van der Waals surface area contributed by atoms with E-state index in [-0.39, 0.29) is 36.6 Å². The maximum Gasteiger partial charge on any atom is 0.387 e. The molecule has 0 fully saturated rings. The molecule has 3 N–H and O–H groups in total. The van der Waals surface area contributed by atoms with Crippen LogP contribution in [0.2, 0.25) is 0 Å². The molecule has 7 heteroatoms. The second-order valence-electron chi connectivity index (χ2n) is 3.74. The van der Waals surface area contributed by atoms with Gasteiger partial charge in [-0.05, 0) is 31.0 Å². The molecule has 0 aliphatic rings. The Hall–Kier alpha value is -1.11. The van der Waals surface area contributed by atoms with E-state index >= 15 is 0 Å². The first-order chi connectivity index (χ1) is 8.56. The molecule has 0 spiro atoms. The maximum atomic E-state index is 12.2. The number of benzene rings is 1. The second kappa shape index (κ2) is 8.90. The Balaban J connectivity index is 0.00000324. The van der Waals surface area contributed by atoms with E-state index < -0.39 is 6.61 Å². The second-order valence-corrected chi connectivity index (χ2v) is 3.74. The van der Waals surface area contributed by atoms with Crippen molar-refractivity contribution in [2.75, 3.05) is 13.2 Å². The molecule has 1 unspecified atom stereocenters. The molecule has 0 aromatic heterocycles. The quantitative estimate of drug-likeness (QED) is 0.807. The number of hydrogen-bond donors (Lipinski definition) is 2. The summed E-state index contributed by atoms with van der Waals surface area (Å²) >= 11 is 0. The van der Waals surface area contributed by atoms with E-state index in [1.54, 1.807) is 19.1 Å². The average Bonchev–Trinajstić information content (AvgIpc) is 2.32. The third kappa shape index (κ3) is 6.04. The fourth-order valence-corrected chi connectivity index (χ4v) is 1.51. The Morgan fingerprint density at radius 3 is 2.53 bits per heavy atom. The summed E-state index contributed by atoms with van der Waals surface area (Å²) in [7, 11) is 0. The van der Waals surface area contributed by atoms with Gasteiger partial charge in [-0.15, -0.1) is 12.4 Å². The van der Waals surface area contributed by atoms with Crippen molar-refractivity contribution in [1.82, 2.24) is 0 Å². The van der Waals surface area contributed by atoms with Crippen LogP contribution in [0.5, 0.6) is 11.5 Å². The molecule has 19 heavy (non-hydrogen) atoms. The van der Waals surface area contributed by atoms with Crippen LogP contribution in [0, 0.1) is 0 Å². The highest BCUT2D eigenvalue weighted by atomic mass is 35.5. The molecule has 0 saturated carbocycles. The van der Waals surface area contributed by atoms with Crippen LogP contribution in [0.15, 0.2) is 18.2 Å². The average molecular weight is 298 g/mol. The normalized spacial score (nSPS) is 11.9. The van der Waals surface area contributed by atoms with Gasteiger partial charge in [0.1, 0.15) is 0 Å². The van der Waals surface area contributed by atoms with Crippen molar-refractivity contribution in [3.63, 3.8) is 0 Å². The zero-order valence-corrected chi connectivity index (χ0v) is 11.3. The summed E-state index contributed by atoms with van der Waals surface area (Å²) in [6.07, 6.45) is 0.436. The van der Waals surface area contributed by atoms with E-state index in [9.17, 15) is 8.78 Å². The van der Waals surface area contributed by atoms with E-state index in [4.69, 9.17) is 15.6 Å². The van der Waals surface area contributed by atoms with Crippen LogP contribution in [0.4, 0.5) is 8.78 Å². The Labute approximate surface area is 116 Å². The standard InChI is InChI=1S/C12H17F2NO3.ClH/c1-2-17-11-6-8(5-9(15)7-16)3-4-10(11)18-12(13)14;/h3-4,6,9,12,16H,2,5,7,15H2,1H3;1H. The molecular formula is C12H18ClF2NO3. The number of aliphatic hydroxyl groups is 1. The summed E-state index contributed by atoms with van der Waals surface area (Å²) < 4.78 is 33.9. The molecule has 0 heterocycles. The van der Waals surface area contributed by atoms with Crippen molar-refractivity contribution in [3.8, 4) is 11.5 Å². The van der Waals surface area contributed by atoms with E-state index in [0.29, 0.717) is 13.0 Å². The van der Waals surface area contributed by atoms with Gasteiger partial charge < -0.3 is 20.3 Å². The number of alkyl halides is 2. The molecule has 1 aromatic carbocycles. The number of rotatable bonds is 7. The minimum atomic E-state index is -2.89.